The van der Waals surface area contributed by atoms with Gasteiger partial charge in [-0.05, 0) is 69.1 Å². The minimum atomic E-state index is -3.38. The number of unbranched alkanes of at least 4 members (excludes halogenated alkanes) is 1. The van der Waals surface area contributed by atoms with E-state index in [2.05, 4.69) is 6.92 Å². The van der Waals surface area contributed by atoms with Crippen molar-refractivity contribution in [1.82, 2.24) is 0 Å². The highest BCUT2D eigenvalue weighted by molar-refractivity contribution is 7.92. The van der Waals surface area contributed by atoms with Gasteiger partial charge in [0.1, 0.15) is 6.17 Å². The molecule has 5 unspecified atom stereocenters. The van der Waals surface area contributed by atoms with Gasteiger partial charge in [0.15, 0.2) is 9.84 Å². The summed E-state index contributed by atoms with van der Waals surface area (Å²) in [6, 6.07) is 0. The summed E-state index contributed by atoms with van der Waals surface area (Å²) >= 11 is 0. The molecule has 0 amide bonds. The minimum absolute atomic E-state index is 0.0622. The topological polar surface area (TPSA) is 63.6 Å². The quantitative estimate of drug-likeness (QED) is 0.661. The maximum absolute atomic E-state index is 14.5. The lowest BCUT2D eigenvalue weighted by Gasteiger charge is -2.47. The summed E-state index contributed by atoms with van der Waals surface area (Å²) in [6.45, 7) is 4.13. The maximum Gasteiger partial charge on any atom is 0.154 e. The first-order valence-electron chi connectivity index (χ1n) is 11.8. The molecular weight excluding hydrogens is 391 g/mol. The Balaban J connectivity index is 2.04. The summed E-state index contributed by atoms with van der Waals surface area (Å²) in [5.74, 6) is -0.144. The number of halogens is 1. The molecule has 4 nitrogen and oxygen atoms in total. The molecule has 3 fully saturated rings. The first kappa shape index (κ1) is 23.5. The van der Waals surface area contributed by atoms with Gasteiger partial charge >= 0.3 is 0 Å². The standard InChI is InChI=1S/C23H41FO4S/c1-4-6-12-23(5-2)15-29(26,27)20-11-10-17(24)14-19(20)21(22(23)25)16-8-7-9-18(13-16)28-3/h16-22,25H,4-15H2,1-3H3/t16?,17?,18?,19?,20?,21-,22-,23+/m0/s1. The Bertz CT molecular complexity index is 639. The van der Waals surface area contributed by atoms with Crippen molar-refractivity contribution in [2.24, 2.45) is 23.2 Å². The lowest BCUT2D eigenvalue weighted by atomic mass is 9.60. The van der Waals surface area contributed by atoms with Crippen LogP contribution in [0.25, 0.3) is 0 Å². The van der Waals surface area contributed by atoms with E-state index in [4.69, 9.17) is 4.74 Å². The SMILES string of the molecule is CCCC[C@]1(CC)CS(=O)(=O)C2CCC(F)CC2[C@H](C2CCCC(OC)C2)[C@@H]1O. The Morgan fingerprint density at radius 3 is 2.55 bits per heavy atom. The van der Waals surface area contributed by atoms with Crippen molar-refractivity contribution in [3.05, 3.63) is 0 Å². The first-order valence-corrected chi connectivity index (χ1v) is 13.6. The molecule has 1 saturated heterocycles. The Hall–Kier alpha value is -0.200. The molecule has 0 aromatic heterocycles. The highest BCUT2D eigenvalue weighted by atomic mass is 32.2. The molecule has 0 aromatic carbocycles. The van der Waals surface area contributed by atoms with E-state index in [0.717, 1.165) is 44.9 Å². The van der Waals surface area contributed by atoms with Gasteiger partial charge in [-0.15, -0.1) is 0 Å². The number of hydrogen-bond donors (Lipinski definition) is 1. The zero-order chi connectivity index (χ0) is 21.2. The smallest absolute Gasteiger partial charge is 0.154 e. The summed E-state index contributed by atoms with van der Waals surface area (Å²) in [4.78, 5) is 0. The van der Waals surface area contributed by atoms with Crippen LogP contribution < -0.4 is 0 Å². The molecule has 6 heteroatoms. The highest BCUT2D eigenvalue weighted by Crippen LogP contribution is 2.53. The third-order valence-corrected chi connectivity index (χ3v) is 11.0. The van der Waals surface area contributed by atoms with Gasteiger partial charge < -0.3 is 9.84 Å². The van der Waals surface area contributed by atoms with Crippen LogP contribution in [0.1, 0.15) is 84.5 Å². The molecule has 1 heterocycles. The van der Waals surface area contributed by atoms with E-state index in [1.807, 2.05) is 6.92 Å². The molecule has 0 aromatic rings. The molecule has 0 spiro atoms. The van der Waals surface area contributed by atoms with E-state index >= 15 is 0 Å². The average molecular weight is 433 g/mol. The van der Waals surface area contributed by atoms with E-state index in [0.29, 0.717) is 19.3 Å². The van der Waals surface area contributed by atoms with Gasteiger partial charge in [-0.2, -0.15) is 0 Å². The second kappa shape index (κ2) is 9.52. The number of aliphatic hydroxyl groups excluding tert-OH is 1. The van der Waals surface area contributed by atoms with E-state index < -0.39 is 32.8 Å². The molecule has 1 N–H and O–H groups in total. The zero-order valence-corrected chi connectivity index (χ0v) is 19.3. The lowest BCUT2D eigenvalue weighted by Crippen LogP contribution is -2.49. The van der Waals surface area contributed by atoms with Crippen molar-refractivity contribution >= 4 is 9.84 Å². The second-order valence-corrected chi connectivity index (χ2v) is 12.3. The molecule has 29 heavy (non-hydrogen) atoms. The number of hydrogen-bond acceptors (Lipinski definition) is 4. The fraction of sp³-hybridized carbons (Fsp3) is 1.00. The predicted molar refractivity (Wildman–Crippen MR) is 114 cm³/mol. The third-order valence-electron chi connectivity index (χ3n) is 8.48. The van der Waals surface area contributed by atoms with Gasteiger partial charge in [-0.1, -0.05) is 33.1 Å². The van der Waals surface area contributed by atoms with Crippen LogP contribution >= 0.6 is 0 Å². The molecule has 0 radical (unpaired) electrons. The molecule has 2 aliphatic carbocycles. The van der Waals surface area contributed by atoms with Gasteiger partial charge in [0, 0.05) is 12.5 Å². The zero-order valence-electron chi connectivity index (χ0n) is 18.5. The molecular formula is C23H41FO4S. The van der Waals surface area contributed by atoms with Crippen molar-refractivity contribution in [1.29, 1.82) is 0 Å². The van der Waals surface area contributed by atoms with Gasteiger partial charge in [0.2, 0.25) is 0 Å². The van der Waals surface area contributed by atoms with Crippen molar-refractivity contribution in [2.45, 2.75) is 108 Å². The number of rotatable bonds is 6. The Kier molecular flexibility index (Phi) is 7.70. The maximum atomic E-state index is 14.5. The first-order chi connectivity index (χ1) is 13.8. The van der Waals surface area contributed by atoms with Crippen molar-refractivity contribution in [3.8, 4) is 0 Å². The number of ether oxygens (including phenoxy) is 1. The van der Waals surface area contributed by atoms with Crippen molar-refractivity contribution in [3.63, 3.8) is 0 Å². The summed E-state index contributed by atoms with van der Waals surface area (Å²) in [5.41, 5.74) is -0.608. The Morgan fingerprint density at radius 2 is 1.90 bits per heavy atom. The van der Waals surface area contributed by atoms with Gasteiger partial charge in [-0.3, -0.25) is 0 Å². The number of methoxy groups -OCH3 is 1. The van der Waals surface area contributed by atoms with Crippen LogP contribution in [0.4, 0.5) is 4.39 Å². The van der Waals surface area contributed by atoms with E-state index in [-0.39, 0.29) is 36.0 Å². The third kappa shape index (κ3) is 4.69. The molecule has 170 valence electrons. The molecule has 0 bridgehead atoms. The lowest BCUT2D eigenvalue weighted by molar-refractivity contribution is -0.0800. The van der Waals surface area contributed by atoms with Crippen molar-refractivity contribution < 1.29 is 22.7 Å². The van der Waals surface area contributed by atoms with Crippen LogP contribution in [0.2, 0.25) is 0 Å². The molecule has 1 aliphatic heterocycles. The van der Waals surface area contributed by atoms with Crippen LogP contribution in [-0.4, -0.2) is 50.0 Å². The number of fused-ring (bicyclic) bond motifs is 1. The predicted octanol–water partition coefficient (Wildman–Crippen LogP) is 4.69. The second-order valence-electron chi connectivity index (χ2n) is 10.0. The van der Waals surface area contributed by atoms with Crippen LogP contribution in [0.15, 0.2) is 0 Å². The van der Waals surface area contributed by atoms with E-state index in [1.165, 1.54) is 0 Å². The number of sulfone groups is 1. The normalized spacial score (nSPS) is 45.3. The summed E-state index contributed by atoms with van der Waals surface area (Å²) < 4.78 is 47.2. The summed E-state index contributed by atoms with van der Waals surface area (Å²) in [7, 11) is -1.64. The number of alkyl halides is 1. The molecule has 2 saturated carbocycles. The van der Waals surface area contributed by atoms with Gasteiger partial charge in [-0.25, -0.2) is 12.8 Å². The largest absolute Gasteiger partial charge is 0.392 e. The molecule has 3 rings (SSSR count). The molecule has 8 atom stereocenters. The fourth-order valence-electron chi connectivity index (χ4n) is 6.80. The summed E-state index contributed by atoms with van der Waals surface area (Å²) in [6.07, 6.45) is 6.72. The highest BCUT2D eigenvalue weighted by Gasteiger charge is 2.57. The minimum Gasteiger partial charge on any atom is -0.392 e. The van der Waals surface area contributed by atoms with Gasteiger partial charge in [0.05, 0.1) is 23.2 Å². The van der Waals surface area contributed by atoms with Crippen LogP contribution in [0.3, 0.4) is 0 Å². The number of aliphatic hydroxyl groups is 1. The van der Waals surface area contributed by atoms with Crippen LogP contribution in [0, 0.1) is 23.2 Å². The van der Waals surface area contributed by atoms with E-state index in [1.54, 1.807) is 7.11 Å². The van der Waals surface area contributed by atoms with Crippen molar-refractivity contribution in [2.75, 3.05) is 12.9 Å². The average Bonchev–Trinajstić information content (AvgIpc) is 2.77. The summed E-state index contributed by atoms with van der Waals surface area (Å²) in [5, 5.41) is 11.3. The van der Waals surface area contributed by atoms with Gasteiger partial charge in [0.25, 0.3) is 0 Å². The molecule has 3 aliphatic rings. The monoisotopic (exact) mass is 432 g/mol. The Labute approximate surface area is 176 Å². The van der Waals surface area contributed by atoms with Crippen LogP contribution in [-0.2, 0) is 14.6 Å². The van der Waals surface area contributed by atoms with Crippen LogP contribution in [0.5, 0.6) is 0 Å². The fourth-order valence-corrected chi connectivity index (χ4v) is 9.65. The van der Waals surface area contributed by atoms with E-state index in [9.17, 15) is 17.9 Å². The Morgan fingerprint density at radius 1 is 1.14 bits per heavy atom.